The number of pyridine rings is 1. The van der Waals surface area contributed by atoms with E-state index in [1.165, 1.54) is 16.4 Å². The van der Waals surface area contributed by atoms with E-state index >= 15 is 0 Å². The van der Waals surface area contributed by atoms with Crippen molar-refractivity contribution in [1.82, 2.24) is 14.8 Å². The molecule has 2 bridgehead atoms. The number of nitrogens with zero attached hydrogens (tertiary/aromatic N) is 2. The van der Waals surface area contributed by atoms with E-state index in [0.29, 0.717) is 31.4 Å². The molecule has 1 aromatic carbocycles. The molecule has 2 N–H and O–H groups in total. The molecule has 0 unspecified atom stereocenters. The van der Waals surface area contributed by atoms with Gasteiger partial charge in [-0.15, -0.1) is 0 Å². The van der Waals surface area contributed by atoms with Crippen LogP contribution in [0.25, 0.3) is 0 Å². The van der Waals surface area contributed by atoms with E-state index in [-0.39, 0.29) is 17.8 Å². The predicted molar refractivity (Wildman–Crippen MR) is 108 cm³/mol. The van der Waals surface area contributed by atoms with Crippen molar-refractivity contribution in [2.75, 3.05) is 19.8 Å². The average molecular weight is 449 g/mol. The number of halogens is 3. The van der Waals surface area contributed by atoms with E-state index in [4.69, 9.17) is 0 Å². The molecule has 170 valence electrons. The van der Waals surface area contributed by atoms with Crippen LogP contribution in [-0.2, 0) is 12.1 Å². The Balaban J connectivity index is 1.73. The van der Waals surface area contributed by atoms with Gasteiger partial charge in [0.25, 0.3) is 11.8 Å². The number of benzene rings is 1. The van der Waals surface area contributed by atoms with Crippen molar-refractivity contribution in [3.8, 4) is 5.75 Å². The number of carbonyl (C=O) groups is 2. The number of nitrogens with one attached hydrogen (secondary N) is 1. The van der Waals surface area contributed by atoms with Gasteiger partial charge in [-0.1, -0.05) is 0 Å². The first-order valence-corrected chi connectivity index (χ1v) is 10.3. The Hall–Kier alpha value is -3.30. The van der Waals surface area contributed by atoms with Crippen molar-refractivity contribution in [3.05, 3.63) is 62.6 Å². The number of aryl methyl sites for hydroxylation is 1. The Morgan fingerprint density at radius 3 is 2.56 bits per heavy atom. The summed E-state index contributed by atoms with van der Waals surface area (Å²) < 4.78 is 43.6. The first-order chi connectivity index (χ1) is 15.2. The van der Waals surface area contributed by atoms with Crippen molar-refractivity contribution in [2.45, 2.75) is 38.3 Å². The molecule has 10 heteroatoms. The van der Waals surface area contributed by atoms with Crippen LogP contribution in [-0.4, -0.2) is 46.2 Å². The standard InChI is InChI=1S/C22H22F3N3O4/c1-12-6-15(24)13(16(25)7-12)8-26-20(31)14-9-28-17(19(30)18(14)29)21(32)27-5-3-2-4-22(28,10-23)11-27/h6-7,9,30H,2-5,8,10-11H2,1H3,(H,26,31)/t22-/m0/s1. The van der Waals surface area contributed by atoms with Crippen LogP contribution in [0.4, 0.5) is 13.2 Å². The molecule has 0 saturated carbocycles. The molecule has 7 nitrogen and oxygen atoms in total. The van der Waals surface area contributed by atoms with Crippen LogP contribution in [0.3, 0.4) is 0 Å². The van der Waals surface area contributed by atoms with Crippen LogP contribution < -0.4 is 10.7 Å². The monoisotopic (exact) mass is 449 g/mol. The third-order valence-corrected chi connectivity index (χ3v) is 6.19. The maximum Gasteiger partial charge on any atom is 0.274 e. The predicted octanol–water partition coefficient (Wildman–Crippen LogP) is 2.38. The van der Waals surface area contributed by atoms with E-state index < -0.39 is 58.9 Å². The van der Waals surface area contributed by atoms with Crippen molar-refractivity contribution >= 4 is 11.8 Å². The molecule has 2 aliphatic rings. The summed E-state index contributed by atoms with van der Waals surface area (Å²) in [7, 11) is 0. The van der Waals surface area contributed by atoms with Gasteiger partial charge in [0.2, 0.25) is 5.43 Å². The third-order valence-electron chi connectivity index (χ3n) is 6.19. The molecule has 1 fully saturated rings. The van der Waals surface area contributed by atoms with Gasteiger partial charge in [-0.05, 0) is 43.9 Å². The second-order valence-corrected chi connectivity index (χ2v) is 8.37. The molecule has 1 atom stereocenters. The summed E-state index contributed by atoms with van der Waals surface area (Å²) in [6.07, 6.45) is 2.68. The molecular formula is C22H22F3N3O4. The maximum atomic E-state index is 14.3. The Bertz CT molecular complexity index is 1160. The zero-order valence-corrected chi connectivity index (χ0v) is 17.4. The fourth-order valence-corrected chi connectivity index (χ4v) is 4.47. The lowest BCUT2D eigenvalue weighted by Crippen LogP contribution is -2.55. The van der Waals surface area contributed by atoms with Gasteiger partial charge < -0.3 is 19.9 Å². The molecule has 2 aliphatic heterocycles. The summed E-state index contributed by atoms with van der Waals surface area (Å²) in [4.78, 5) is 39.6. The number of aromatic hydroxyl groups is 1. The quantitative estimate of drug-likeness (QED) is 0.750. The first-order valence-electron chi connectivity index (χ1n) is 10.3. The van der Waals surface area contributed by atoms with Gasteiger partial charge in [-0.2, -0.15) is 0 Å². The van der Waals surface area contributed by atoms with Gasteiger partial charge in [-0.3, -0.25) is 14.4 Å². The minimum Gasteiger partial charge on any atom is -0.503 e. The van der Waals surface area contributed by atoms with E-state index in [9.17, 15) is 32.7 Å². The SMILES string of the molecule is Cc1cc(F)c(CNC(=O)c2cn3c(c(O)c2=O)C(=O)N2CCCC[C@]3(CF)C2)c(F)c1. The molecule has 4 rings (SSSR count). The van der Waals surface area contributed by atoms with Crippen LogP contribution in [0.15, 0.2) is 23.1 Å². The molecule has 0 aliphatic carbocycles. The van der Waals surface area contributed by atoms with Crippen LogP contribution in [0, 0.1) is 18.6 Å². The number of hydrogen-bond donors (Lipinski definition) is 2. The second-order valence-electron chi connectivity index (χ2n) is 8.37. The number of alkyl halides is 1. The van der Waals surface area contributed by atoms with E-state index in [2.05, 4.69) is 5.32 Å². The van der Waals surface area contributed by atoms with Crippen molar-refractivity contribution in [2.24, 2.45) is 0 Å². The number of rotatable bonds is 4. The Labute approximate surface area is 181 Å². The summed E-state index contributed by atoms with van der Waals surface area (Å²) in [5, 5.41) is 12.8. The minimum absolute atomic E-state index is 0.0541. The fourth-order valence-electron chi connectivity index (χ4n) is 4.47. The molecule has 3 heterocycles. The zero-order chi connectivity index (χ0) is 23.2. The minimum atomic E-state index is -1.21. The van der Waals surface area contributed by atoms with Crippen LogP contribution in [0.5, 0.6) is 5.75 Å². The van der Waals surface area contributed by atoms with Crippen molar-refractivity contribution < 1.29 is 27.9 Å². The van der Waals surface area contributed by atoms with Gasteiger partial charge in [0, 0.05) is 31.4 Å². The summed E-state index contributed by atoms with van der Waals surface area (Å²) in [6, 6.07) is 2.22. The van der Waals surface area contributed by atoms with Gasteiger partial charge in [-0.25, -0.2) is 13.2 Å². The number of fused-ring (bicyclic) bond motifs is 4. The highest BCUT2D eigenvalue weighted by atomic mass is 19.1. The maximum absolute atomic E-state index is 14.3. The molecular weight excluding hydrogens is 427 g/mol. The molecule has 2 amide bonds. The van der Waals surface area contributed by atoms with E-state index in [1.807, 2.05) is 0 Å². The Kier molecular flexibility index (Phi) is 5.47. The molecule has 1 aromatic heterocycles. The van der Waals surface area contributed by atoms with Gasteiger partial charge in [0.1, 0.15) is 23.9 Å². The zero-order valence-electron chi connectivity index (χ0n) is 17.4. The molecule has 2 aromatic rings. The number of carbonyl (C=O) groups excluding carboxylic acids is 2. The van der Waals surface area contributed by atoms with Gasteiger partial charge in [0.05, 0.1) is 5.54 Å². The first kappa shape index (κ1) is 21.9. The normalized spacial score (nSPS) is 20.0. The largest absolute Gasteiger partial charge is 0.503 e. The molecule has 0 spiro atoms. The lowest BCUT2D eigenvalue weighted by atomic mass is 9.91. The van der Waals surface area contributed by atoms with Crippen LogP contribution in [0.2, 0.25) is 0 Å². The Morgan fingerprint density at radius 1 is 1.22 bits per heavy atom. The second kappa shape index (κ2) is 7.99. The van der Waals surface area contributed by atoms with E-state index in [0.717, 1.165) is 18.3 Å². The molecule has 1 saturated heterocycles. The van der Waals surface area contributed by atoms with Gasteiger partial charge >= 0.3 is 0 Å². The molecule has 32 heavy (non-hydrogen) atoms. The lowest BCUT2D eigenvalue weighted by Gasteiger charge is -2.42. The van der Waals surface area contributed by atoms with Crippen molar-refractivity contribution in [1.29, 1.82) is 0 Å². The summed E-state index contributed by atoms with van der Waals surface area (Å²) in [6.45, 7) is 0.539. The fraction of sp³-hybridized carbons (Fsp3) is 0.409. The van der Waals surface area contributed by atoms with Crippen LogP contribution in [0.1, 0.15) is 51.2 Å². The number of aromatic nitrogens is 1. The smallest absolute Gasteiger partial charge is 0.274 e. The summed E-state index contributed by atoms with van der Waals surface area (Å²) in [5.74, 6) is -4.26. The van der Waals surface area contributed by atoms with Crippen LogP contribution >= 0.6 is 0 Å². The lowest BCUT2D eigenvalue weighted by molar-refractivity contribution is 0.0516. The summed E-state index contributed by atoms with van der Waals surface area (Å²) >= 11 is 0. The third kappa shape index (κ3) is 3.43. The number of amides is 2. The van der Waals surface area contributed by atoms with Gasteiger partial charge in [0.15, 0.2) is 11.4 Å². The highest BCUT2D eigenvalue weighted by molar-refractivity contribution is 5.99. The highest BCUT2D eigenvalue weighted by Crippen LogP contribution is 2.37. The number of hydrogen-bond acceptors (Lipinski definition) is 4. The topological polar surface area (TPSA) is 91.6 Å². The van der Waals surface area contributed by atoms with Crippen molar-refractivity contribution in [3.63, 3.8) is 0 Å². The van der Waals surface area contributed by atoms with E-state index in [1.54, 1.807) is 0 Å². The Morgan fingerprint density at radius 2 is 1.91 bits per heavy atom. The highest BCUT2D eigenvalue weighted by Gasteiger charge is 2.46. The average Bonchev–Trinajstić information content (AvgIpc) is 2.94. The summed E-state index contributed by atoms with van der Waals surface area (Å²) in [5.41, 5.74) is -3.24. The molecule has 0 radical (unpaired) electrons.